The van der Waals surface area contributed by atoms with Crippen LogP contribution in [-0.2, 0) is 10.1 Å². The minimum Gasteiger partial charge on any atom is -0.377 e. The summed E-state index contributed by atoms with van der Waals surface area (Å²) in [5, 5.41) is 4.28. The average molecular weight is 369 g/mol. The zero-order valence-corrected chi connectivity index (χ0v) is 13.9. The fraction of sp³-hybridized carbons (Fsp3) is 0. The van der Waals surface area contributed by atoms with E-state index in [1.165, 1.54) is 29.2 Å². The highest BCUT2D eigenvalue weighted by Gasteiger charge is 2.21. The van der Waals surface area contributed by atoms with Crippen LogP contribution in [0.15, 0.2) is 65.8 Å². The molecule has 0 saturated heterocycles. The predicted octanol–water partition coefficient (Wildman–Crippen LogP) is 3.95. The van der Waals surface area contributed by atoms with Gasteiger partial charge in [0.2, 0.25) is 0 Å². The first-order chi connectivity index (χ1) is 11.0. The summed E-state index contributed by atoms with van der Waals surface area (Å²) in [5.41, 5.74) is 0.731. The molecule has 0 saturated carbocycles. The second-order valence-corrected chi connectivity index (χ2v) is 6.88. The van der Waals surface area contributed by atoms with Crippen molar-refractivity contribution in [3.05, 3.63) is 71.0 Å². The third kappa shape index (κ3) is 3.34. The number of rotatable bonds is 4. The maximum atomic E-state index is 12.3. The minimum absolute atomic E-state index is 0.0354. The average Bonchev–Trinajstić information content (AvgIpc) is 3.03. The Balaban J connectivity index is 1.92. The highest BCUT2D eigenvalue weighted by atomic mass is 35.5. The van der Waals surface area contributed by atoms with Gasteiger partial charge in [-0.1, -0.05) is 47.5 Å². The molecule has 0 bridgehead atoms. The summed E-state index contributed by atoms with van der Waals surface area (Å²) in [7, 11) is -4.07. The van der Waals surface area contributed by atoms with Crippen LogP contribution in [0.5, 0.6) is 5.75 Å². The Morgan fingerprint density at radius 3 is 2.48 bits per heavy atom. The normalized spacial score (nSPS) is 11.4. The van der Waals surface area contributed by atoms with Crippen molar-refractivity contribution in [3.63, 3.8) is 0 Å². The van der Waals surface area contributed by atoms with Gasteiger partial charge in [0.25, 0.3) is 0 Å². The van der Waals surface area contributed by atoms with Crippen molar-refractivity contribution in [1.29, 1.82) is 0 Å². The number of hydrogen-bond donors (Lipinski definition) is 0. The molecule has 0 unspecified atom stereocenters. The first-order valence-electron chi connectivity index (χ1n) is 6.46. The smallest absolute Gasteiger partial charge is 0.342 e. The summed E-state index contributed by atoms with van der Waals surface area (Å²) >= 11 is 11.8. The van der Waals surface area contributed by atoms with Crippen molar-refractivity contribution in [2.24, 2.45) is 0 Å². The van der Waals surface area contributed by atoms with Crippen molar-refractivity contribution in [1.82, 2.24) is 9.78 Å². The van der Waals surface area contributed by atoms with Crippen LogP contribution in [0.25, 0.3) is 5.69 Å². The number of aromatic nitrogens is 2. The molecular weight excluding hydrogens is 359 g/mol. The van der Waals surface area contributed by atoms with E-state index in [1.54, 1.807) is 18.2 Å². The van der Waals surface area contributed by atoms with Crippen LogP contribution in [0.3, 0.4) is 0 Å². The van der Waals surface area contributed by atoms with E-state index in [1.807, 2.05) is 18.2 Å². The molecule has 0 N–H and O–H groups in total. The molecule has 1 aromatic heterocycles. The molecule has 0 atom stereocenters. The molecule has 3 aromatic rings. The molecule has 3 rings (SSSR count). The van der Waals surface area contributed by atoms with Crippen LogP contribution in [0.1, 0.15) is 0 Å². The van der Waals surface area contributed by atoms with Crippen LogP contribution in [0.2, 0.25) is 10.0 Å². The zero-order chi connectivity index (χ0) is 16.4. The van der Waals surface area contributed by atoms with Gasteiger partial charge < -0.3 is 4.18 Å². The van der Waals surface area contributed by atoms with Gasteiger partial charge >= 0.3 is 10.1 Å². The molecule has 0 amide bonds. The summed E-state index contributed by atoms with van der Waals surface area (Å²) in [6.07, 6.45) is 2.57. The van der Waals surface area contributed by atoms with Crippen molar-refractivity contribution in [2.75, 3.05) is 0 Å². The first kappa shape index (κ1) is 15.9. The van der Waals surface area contributed by atoms with Gasteiger partial charge in [-0.3, -0.25) is 0 Å². The van der Waals surface area contributed by atoms with Crippen molar-refractivity contribution < 1.29 is 12.6 Å². The molecule has 118 valence electrons. The van der Waals surface area contributed by atoms with E-state index in [2.05, 4.69) is 5.10 Å². The van der Waals surface area contributed by atoms with E-state index in [0.29, 0.717) is 0 Å². The Bertz CT molecular complexity index is 940. The van der Waals surface area contributed by atoms with E-state index >= 15 is 0 Å². The molecule has 23 heavy (non-hydrogen) atoms. The highest BCUT2D eigenvalue weighted by molar-refractivity contribution is 7.87. The Kier molecular flexibility index (Phi) is 4.30. The lowest BCUT2D eigenvalue weighted by Gasteiger charge is -2.07. The summed E-state index contributed by atoms with van der Waals surface area (Å²) in [6, 6.07) is 13.6. The van der Waals surface area contributed by atoms with Crippen molar-refractivity contribution in [2.45, 2.75) is 4.90 Å². The van der Waals surface area contributed by atoms with Gasteiger partial charge in [-0.25, -0.2) is 4.68 Å². The standard InChI is InChI=1S/C15H10Cl2N2O3S/c16-13-7-4-8-14(15(13)17)22-23(20,21)12-9-18-19(10-12)11-5-2-1-3-6-11/h1-10H. The molecule has 8 heteroatoms. The van der Waals surface area contributed by atoms with Gasteiger partial charge in [0, 0.05) is 0 Å². The number of para-hydroxylation sites is 1. The minimum atomic E-state index is -4.07. The molecule has 2 aromatic carbocycles. The monoisotopic (exact) mass is 368 g/mol. The van der Waals surface area contributed by atoms with E-state index in [9.17, 15) is 8.42 Å². The molecule has 0 spiro atoms. The van der Waals surface area contributed by atoms with Crippen LogP contribution in [0, 0.1) is 0 Å². The fourth-order valence-electron chi connectivity index (χ4n) is 1.87. The third-order valence-corrected chi connectivity index (χ3v) is 4.97. The van der Waals surface area contributed by atoms with Gasteiger partial charge in [-0.2, -0.15) is 13.5 Å². The summed E-state index contributed by atoms with van der Waals surface area (Å²) in [5.74, 6) is -0.0355. The third-order valence-electron chi connectivity index (χ3n) is 2.98. The first-order valence-corrected chi connectivity index (χ1v) is 8.62. The molecule has 0 aliphatic carbocycles. The van der Waals surface area contributed by atoms with E-state index in [0.717, 1.165) is 5.69 Å². The summed E-state index contributed by atoms with van der Waals surface area (Å²) in [4.78, 5) is -0.0857. The molecule has 5 nitrogen and oxygen atoms in total. The Morgan fingerprint density at radius 1 is 1.00 bits per heavy atom. The molecule has 0 fully saturated rings. The molecular formula is C15H10Cl2N2O3S. The lowest BCUT2D eigenvalue weighted by atomic mass is 10.3. The van der Waals surface area contributed by atoms with Crippen LogP contribution >= 0.6 is 23.2 Å². The van der Waals surface area contributed by atoms with Crippen LogP contribution < -0.4 is 4.18 Å². The number of benzene rings is 2. The zero-order valence-electron chi connectivity index (χ0n) is 11.6. The second-order valence-electron chi connectivity index (χ2n) is 4.55. The maximum Gasteiger partial charge on any atom is 0.342 e. The van der Waals surface area contributed by atoms with Crippen LogP contribution in [0.4, 0.5) is 0 Å². The predicted molar refractivity (Wildman–Crippen MR) is 87.8 cm³/mol. The molecule has 0 aliphatic rings. The van der Waals surface area contributed by atoms with Gasteiger partial charge in [0.1, 0.15) is 9.92 Å². The highest BCUT2D eigenvalue weighted by Crippen LogP contribution is 2.33. The van der Waals surface area contributed by atoms with E-state index in [-0.39, 0.29) is 20.7 Å². The summed E-state index contributed by atoms with van der Waals surface area (Å²) < 4.78 is 31.2. The second kappa shape index (κ2) is 6.23. The van der Waals surface area contributed by atoms with Crippen LogP contribution in [-0.4, -0.2) is 18.2 Å². The molecule has 0 aliphatic heterocycles. The van der Waals surface area contributed by atoms with Gasteiger partial charge in [0.15, 0.2) is 5.75 Å². The molecule has 0 radical (unpaired) electrons. The van der Waals surface area contributed by atoms with Crippen molar-refractivity contribution >= 4 is 33.3 Å². The topological polar surface area (TPSA) is 61.2 Å². The molecule has 1 heterocycles. The Labute approximate surface area is 143 Å². The van der Waals surface area contributed by atoms with Gasteiger partial charge in [-0.05, 0) is 24.3 Å². The lowest BCUT2D eigenvalue weighted by molar-refractivity contribution is 0.486. The largest absolute Gasteiger partial charge is 0.377 e. The quantitative estimate of drug-likeness (QED) is 0.654. The van der Waals surface area contributed by atoms with E-state index in [4.69, 9.17) is 27.4 Å². The Morgan fingerprint density at radius 2 is 1.74 bits per heavy atom. The summed E-state index contributed by atoms with van der Waals surface area (Å²) in [6.45, 7) is 0. The number of hydrogen-bond acceptors (Lipinski definition) is 4. The fourth-order valence-corrected chi connectivity index (χ4v) is 3.12. The maximum absolute atomic E-state index is 12.3. The van der Waals surface area contributed by atoms with E-state index < -0.39 is 10.1 Å². The number of halogens is 2. The van der Waals surface area contributed by atoms with Gasteiger partial charge in [0.05, 0.1) is 23.1 Å². The SMILES string of the molecule is O=S(=O)(Oc1cccc(Cl)c1Cl)c1cnn(-c2ccccc2)c1. The lowest BCUT2D eigenvalue weighted by Crippen LogP contribution is -2.09. The Hall–Kier alpha value is -2.02. The number of nitrogens with zero attached hydrogens (tertiary/aromatic N) is 2. The van der Waals surface area contributed by atoms with Crippen molar-refractivity contribution in [3.8, 4) is 11.4 Å². The van der Waals surface area contributed by atoms with Gasteiger partial charge in [-0.15, -0.1) is 0 Å².